The van der Waals surface area contributed by atoms with E-state index in [1.54, 1.807) is 0 Å². The predicted molar refractivity (Wildman–Crippen MR) is 61.3 cm³/mol. The number of unbranched alkanes of at least 4 members (excludes halogenated alkanes) is 1. The number of carboxylic acids is 2. The Hall–Kier alpha value is 0.135. The van der Waals surface area contributed by atoms with Crippen LogP contribution in [0.3, 0.4) is 0 Å². The zero-order valence-electron chi connectivity index (χ0n) is 13.7. The van der Waals surface area contributed by atoms with Crippen molar-refractivity contribution >= 4 is 11.9 Å². The predicted octanol–water partition coefficient (Wildman–Crippen LogP) is -3.39. The molecule has 1 rings (SSSR count). The van der Waals surface area contributed by atoms with Gasteiger partial charge in [-0.05, 0) is 25.2 Å². The third-order valence-corrected chi connectivity index (χ3v) is 3.56. The van der Waals surface area contributed by atoms with Gasteiger partial charge in [-0.2, -0.15) is 0 Å². The number of carbonyl (C=O) groups is 2. The Morgan fingerprint density at radius 1 is 1.17 bits per heavy atom. The zero-order valence-corrected chi connectivity index (χ0v) is 11.7. The first kappa shape index (κ1) is 20.5. The smallest absolute Gasteiger partial charge is 1.00 e. The van der Waals surface area contributed by atoms with Gasteiger partial charge in [-0.25, -0.2) is 0 Å². The standard InChI is InChI=1S/C12H20O4.2Li.2H/c1-2-3-5-8-6-4-7-9(11(13)14)10(8)12(15)16;;;;/h8-10H,2-7H2,1H3,(H,13,14)(H,15,16);;;;/q;2*+1;2*-1. The quantitative estimate of drug-likeness (QED) is 0.495. The van der Waals surface area contributed by atoms with Crippen molar-refractivity contribution in [3.05, 3.63) is 0 Å². The van der Waals surface area contributed by atoms with E-state index in [-0.39, 0.29) is 46.5 Å². The van der Waals surface area contributed by atoms with Crippen LogP contribution in [0.1, 0.15) is 48.3 Å². The molecule has 0 aromatic heterocycles. The summed E-state index contributed by atoms with van der Waals surface area (Å²) in [7, 11) is 0. The SMILES string of the molecule is CCCCC1CCCC(C(=O)O)C1C(=O)O.[H-].[H-].[Li+].[Li+]. The van der Waals surface area contributed by atoms with E-state index in [1.807, 2.05) is 0 Å². The minimum Gasteiger partial charge on any atom is -1.00 e. The molecule has 0 bridgehead atoms. The zero-order chi connectivity index (χ0) is 12.1. The Labute approximate surface area is 135 Å². The van der Waals surface area contributed by atoms with Crippen LogP contribution in [0.4, 0.5) is 0 Å². The molecule has 0 aromatic carbocycles. The summed E-state index contributed by atoms with van der Waals surface area (Å²) in [4.78, 5) is 22.2. The number of hydrogen-bond donors (Lipinski definition) is 2. The van der Waals surface area contributed by atoms with E-state index in [0.717, 1.165) is 32.1 Å². The molecule has 18 heavy (non-hydrogen) atoms. The first-order valence-electron chi connectivity index (χ1n) is 6.03. The molecule has 96 valence electrons. The molecule has 0 aromatic rings. The molecule has 6 heteroatoms. The van der Waals surface area contributed by atoms with Crippen molar-refractivity contribution in [2.75, 3.05) is 0 Å². The first-order chi connectivity index (χ1) is 7.57. The van der Waals surface area contributed by atoms with Gasteiger partial charge >= 0.3 is 49.7 Å². The van der Waals surface area contributed by atoms with Crippen molar-refractivity contribution in [1.29, 1.82) is 0 Å². The molecule has 1 aliphatic rings. The fourth-order valence-corrected chi connectivity index (χ4v) is 2.73. The Kier molecular flexibility index (Phi) is 11.3. The Balaban J connectivity index is -0.000000320. The van der Waals surface area contributed by atoms with Crippen LogP contribution >= 0.6 is 0 Å². The summed E-state index contributed by atoms with van der Waals surface area (Å²) < 4.78 is 0. The van der Waals surface area contributed by atoms with Gasteiger partial charge in [0.1, 0.15) is 0 Å². The monoisotopic (exact) mass is 244 g/mol. The molecule has 0 amide bonds. The van der Waals surface area contributed by atoms with Crippen molar-refractivity contribution in [2.24, 2.45) is 17.8 Å². The summed E-state index contributed by atoms with van der Waals surface area (Å²) in [5, 5.41) is 18.2. The summed E-state index contributed by atoms with van der Waals surface area (Å²) >= 11 is 0. The van der Waals surface area contributed by atoms with Crippen LogP contribution in [0.25, 0.3) is 0 Å². The van der Waals surface area contributed by atoms with Crippen LogP contribution in [0.15, 0.2) is 0 Å². The molecule has 0 radical (unpaired) electrons. The molecule has 0 aliphatic heterocycles. The van der Waals surface area contributed by atoms with Gasteiger partial charge < -0.3 is 13.1 Å². The maximum absolute atomic E-state index is 11.2. The van der Waals surface area contributed by atoms with Gasteiger partial charge in [0.05, 0.1) is 11.8 Å². The molecule has 1 saturated carbocycles. The van der Waals surface area contributed by atoms with E-state index in [1.165, 1.54) is 0 Å². The molecule has 0 heterocycles. The average molecular weight is 244 g/mol. The molecule has 0 saturated heterocycles. The van der Waals surface area contributed by atoms with Crippen molar-refractivity contribution in [2.45, 2.75) is 45.4 Å². The number of rotatable bonds is 5. The molecule has 2 N–H and O–H groups in total. The first-order valence-corrected chi connectivity index (χ1v) is 6.03. The molecule has 4 nitrogen and oxygen atoms in total. The minimum atomic E-state index is -0.950. The molecule has 1 fully saturated rings. The van der Waals surface area contributed by atoms with Crippen LogP contribution < -0.4 is 37.7 Å². The van der Waals surface area contributed by atoms with Gasteiger partial charge in [0.2, 0.25) is 0 Å². The topological polar surface area (TPSA) is 74.6 Å². The molecule has 3 unspecified atom stereocenters. The van der Waals surface area contributed by atoms with E-state index in [2.05, 4.69) is 6.92 Å². The Bertz CT molecular complexity index is 280. The maximum atomic E-state index is 11.2. The fraction of sp³-hybridized carbons (Fsp3) is 0.833. The van der Waals surface area contributed by atoms with Crippen molar-refractivity contribution in [3.8, 4) is 0 Å². The molecular weight excluding hydrogens is 222 g/mol. The van der Waals surface area contributed by atoms with Gasteiger partial charge in [0.15, 0.2) is 0 Å². The molecule has 1 aliphatic carbocycles. The third kappa shape index (κ3) is 5.41. The van der Waals surface area contributed by atoms with E-state index in [9.17, 15) is 9.59 Å². The van der Waals surface area contributed by atoms with E-state index >= 15 is 0 Å². The third-order valence-electron chi connectivity index (χ3n) is 3.56. The molecule has 0 spiro atoms. The number of carboxylic acid groups (broad SMARTS) is 2. The van der Waals surface area contributed by atoms with Gasteiger partial charge in [0, 0.05) is 0 Å². The molecule has 3 atom stereocenters. The average Bonchev–Trinajstić information content (AvgIpc) is 2.25. The van der Waals surface area contributed by atoms with E-state index < -0.39 is 23.8 Å². The van der Waals surface area contributed by atoms with E-state index in [4.69, 9.17) is 10.2 Å². The van der Waals surface area contributed by atoms with Crippen LogP contribution in [0.5, 0.6) is 0 Å². The minimum absolute atomic E-state index is 0. The summed E-state index contributed by atoms with van der Waals surface area (Å²) in [6.45, 7) is 2.06. The van der Waals surface area contributed by atoms with Gasteiger partial charge in [0.25, 0.3) is 0 Å². The van der Waals surface area contributed by atoms with Gasteiger partial charge in [-0.1, -0.05) is 26.2 Å². The van der Waals surface area contributed by atoms with Crippen LogP contribution in [0, 0.1) is 17.8 Å². The Morgan fingerprint density at radius 3 is 2.22 bits per heavy atom. The Morgan fingerprint density at radius 2 is 1.78 bits per heavy atom. The van der Waals surface area contributed by atoms with Crippen LogP contribution in [-0.2, 0) is 9.59 Å². The van der Waals surface area contributed by atoms with Crippen molar-refractivity contribution < 1.29 is 60.4 Å². The van der Waals surface area contributed by atoms with Gasteiger partial charge in [-0.15, -0.1) is 0 Å². The van der Waals surface area contributed by atoms with Crippen molar-refractivity contribution in [3.63, 3.8) is 0 Å². The summed E-state index contributed by atoms with van der Waals surface area (Å²) in [5.74, 6) is -3.21. The summed E-state index contributed by atoms with van der Waals surface area (Å²) in [6, 6.07) is 0. The van der Waals surface area contributed by atoms with E-state index in [0.29, 0.717) is 6.42 Å². The number of hydrogen-bond acceptors (Lipinski definition) is 2. The normalized spacial score (nSPS) is 26.6. The largest absolute Gasteiger partial charge is 1.00 e. The second kappa shape index (κ2) is 9.99. The van der Waals surface area contributed by atoms with Gasteiger partial charge in [-0.3, -0.25) is 9.59 Å². The summed E-state index contributed by atoms with van der Waals surface area (Å²) in [6.07, 6.45) is 5.07. The maximum Gasteiger partial charge on any atom is 1.00 e. The fourth-order valence-electron chi connectivity index (χ4n) is 2.73. The van der Waals surface area contributed by atoms with Crippen LogP contribution in [0.2, 0.25) is 0 Å². The summed E-state index contributed by atoms with van der Waals surface area (Å²) in [5.41, 5.74) is 0. The van der Waals surface area contributed by atoms with Crippen LogP contribution in [-0.4, -0.2) is 22.2 Å². The second-order valence-corrected chi connectivity index (χ2v) is 4.64. The second-order valence-electron chi connectivity index (χ2n) is 4.64. The molecular formula is C12H22Li2O4. The number of aliphatic carboxylic acids is 2. The van der Waals surface area contributed by atoms with Crippen molar-refractivity contribution in [1.82, 2.24) is 0 Å².